The zero-order chi connectivity index (χ0) is 20.4. The van der Waals surface area contributed by atoms with Gasteiger partial charge in [0.05, 0.1) is 17.2 Å². The first-order valence-electron chi connectivity index (χ1n) is 10.7. The highest BCUT2D eigenvalue weighted by atomic mass is 16.2. The fraction of sp³-hybridized carbons (Fsp3) is 0.619. The average molecular weight is 399 g/mol. The molecule has 8 heteroatoms. The normalized spacial score (nSPS) is 18.0. The van der Waals surface area contributed by atoms with Crippen LogP contribution >= 0.6 is 0 Å². The van der Waals surface area contributed by atoms with E-state index in [1.54, 1.807) is 17.0 Å². The number of carbonyl (C=O) groups is 1. The number of anilines is 1. The van der Waals surface area contributed by atoms with E-state index in [2.05, 4.69) is 29.1 Å². The molecule has 156 valence electrons. The average Bonchev–Trinajstić information content (AvgIpc) is 3.23. The zero-order valence-corrected chi connectivity index (χ0v) is 17.3. The smallest absolute Gasteiger partial charge is 0.317 e. The number of fused-ring (bicyclic) bond motifs is 1. The Morgan fingerprint density at radius 2 is 1.93 bits per heavy atom. The number of aromatic nitrogens is 3. The van der Waals surface area contributed by atoms with Crippen LogP contribution in [0, 0.1) is 5.92 Å². The summed E-state index contributed by atoms with van der Waals surface area (Å²) < 4.78 is 1.79. The van der Waals surface area contributed by atoms with Crippen molar-refractivity contribution in [1.82, 2.24) is 24.8 Å². The number of carbonyl (C=O) groups excluding carboxylic acids is 1. The predicted octanol–water partition coefficient (Wildman–Crippen LogP) is 2.22. The number of hydrogen-bond donors (Lipinski definition) is 1. The molecule has 2 aromatic heterocycles. The summed E-state index contributed by atoms with van der Waals surface area (Å²) in [7, 11) is 0. The fourth-order valence-electron chi connectivity index (χ4n) is 4.28. The molecule has 1 aliphatic carbocycles. The van der Waals surface area contributed by atoms with Gasteiger partial charge < -0.3 is 19.7 Å². The molecule has 2 fully saturated rings. The first kappa shape index (κ1) is 19.7. The van der Waals surface area contributed by atoms with E-state index in [1.165, 1.54) is 12.8 Å². The highest BCUT2D eigenvalue weighted by Crippen LogP contribution is 2.19. The van der Waals surface area contributed by atoms with Crippen LogP contribution in [0.2, 0.25) is 0 Å². The molecular formula is C21H30N6O2. The number of rotatable bonds is 4. The Balaban J connectivity index is 1.51. The summed E-state index contributed by atoms with van der Waals surface area (Å²) in [5, 5.41) is 3.15. The van der Waals surface area contributed by atoms with E-state index in [0.29, 0.717) is 50.5 Å². The maximum atomic E-state index is 13.2. The Morgan fingerprint density at radius 1 is 1.21 bits per heavy atom. The van der Waals surface area contributed by atoms with Gasteiger partial charge in [-0.05, 0) is 24.8 Å². The fourth-order valence-corrected chi connectivity index (χ4v) is 4.28. The summed E-state index contributed by atoms with van der Waals surface area (Å²) >= 11 is 0. The summed E-state index contributed by atoms with van der Waals surface area (Å²) in [6, 6.07) is 2.19. The van der Waals surface area contributed by atoms with Crippen molar-refractivity contribution in [3.05, 3.63) is 28.8 Å². The van der Waals surface area contributed by atoms with Gasteiger partial charge in [-0.1, -0.05) is 26.7 Å². The lowest BCUT2D eigenvalue weighted by atomic mass is 10.2. The van der Waals surface area contributed by atoms with Crippen LogP contribution in [0.1, 0.15) is 39.5 Å². The summed E-state index contributed by atoms with van der Waals surface area (Å²) in [6.07, 6.45) is 7.97. The highest BCUT2D eigenvalue weighted by Gasteiger charge is 2.26. The van der Waals surface area contributed by atoms with Gasteiger partial charge in [0.15, 0.2) is 5.82 Å². The molecule has 1 saturated heterocycles. The molecule has 0 bridgehead atoms. The largest absolute Gasteiger partial charge is 0.348 e. The van der Waals surface area contributed by atoms with Crippen molar-refractivity contribution in [2.24, 2.45) is 5.92 Å². The minimum absolute atomic E-state index is 0.0197. The Morgan fingerprint density at radius 3 is 2.62 bits per heavy atom. The van der Waals surface area contributed by atoms with Crippen LogP contribution in [0.25, 0.3) is 11.0 Å². The molecule has 1 aliphatic heterocycles. The third-order valence-corrected chi connectivity index (χ3v) is 5.83. The number of urea groups is 1. The predicted molar refractivity (Wildman–Crippen MR) is 113 cm³/mol. The number of hydrogen-bond acceptors (Lipinski definition) is 5. The standard InChI is InChI=1S/C21H30N6O2/c1-15(2)14-27-18-13-22-8-7-17(18)24-19(20(27)28)25-9-11-26(12-10-25)21(29)23-16-5-3-4-6-16/h7-8,13,15-16H,3-6,9-12,14H2,1-2H3,(H,23,29). The van der Waals surface area contributed by atoms with Crippen molar-refractivity contribution in [3.63, 3.8) is 0 Å². The van der Waals surface area contributed by atoms with Crippen molar-refractivity contribution < 1.29 is 4.79 Å². The van der Waals surface area contributed by atoms with E-state index in [4.69, 9.17) is 0 Å². The van der Waals surface area contributed by atoms with Crippen LogP contribution in [-0.2, 0) is 6.54 Å². The molecule has 0 radical (unpaired) electrons. The molecule has 1 N–H and O–H groups in total. The van der Waals surface area contributed by atoms with E-state index < -0.39 is 0 Å². The Bertz CT molecular complexity index is 926. The first-order valence-corrected chi connectivity index (χ1v) is 10.7. The lowest BCUT2D eigenvalue weighted by molar-refractivity contribution is 0.190. The van der Waals surface area contributed by atoms with Crippen molar-refractivity contribution >= 4 is 22.9 Å². The molecule has 0 unspecified atom stereocenters. The number of nitrogens with one attached hydrogen (secondary N) is 1. The molecule has 8 nitrogen and oxygen atoms in total. The second-order valence-electron chi connectivity index (χ2n) is 8.51. The van der Waals surface area contributed by atoms with E-state index in [0.717, 1.165) is 23.9 Å². The van der Waals surface area contributed by atoms with Gasteiger partial charge in [-0.25, -0.2) is 9.78 Å². The summed E-state index contributed by atoms with van der Waals surface area (Å²) in [6.45, 7) is 7.22. The van der Waals surface area contributed by atoms with Gasteiger partial charge in [0.2, 0.25) is 0 Å². The number of pyridine rings is 1. The molecule has 0 aromatic carbocycles. The first-order chi connectivity index (χ1) is 14.0. The second-order valence-corrected chi connectivity index (χ2v) is 8.51. The van der Waals surface area contributed by atoms with Gasteiger partial charge in [-0.15, -0.1) is 0 Å². The quantitative estimate of drug-likeness (QED) is 0.854. The molecule has 29 heavy (non-hydrogen) atoms. The Labute approximate surface area is 170 Å². The van der Waals surface area contributed by atoms with Crippen LogP contribution in [0.3, 0.4) is 0 Å². The molecule has 4 rings (SSSR count). The van der Waals surface area contributed by atoms with Crippen LogP contribution in [0.15, 0.2) is 23.3 Å². The van der Waals surface area contributed by atoms with Gasteiger partial charge in [0.1, 0.15) is 0 Å². The third-order valence-electron chi connectivity index (χ3n) is 5.83. The van der Waals surface area contributed by atoms with Gasteiger partial charge >= 0.3 is 6.03 Å². The SMILES string of the molecule is CC(C)Cn1c(=O)c(N2CCN(C(=O)NC3CCCC3)CC2)nc2ccncc21. The monoisotopic (exact) mass is 398 g/mol. The summed E-state index contributed by atoms with van der Waals surface area (Å²) in [4.78, 5) is 38.4. The van der Waals surface area contributed by atoms with E-state index >= 15 is 0 Å². The van der Waals surface area contributed by atoms with E-state index in [9.17, 15) is 9.59 Å². The van der Waals surface area contributed by atoms with Crippen LogP contribution in [0.5, 0.6) is 0 Å². The van der Waals surface area contributed by atoms with Gasteiger partial charge in [-0.3, -0.25) is 9.78 Å². The summed E-state index contributed by atoms with van der Waals surface area (Å²) in [5.41, 5.74) is 1.46. The van der Waals surface area contributed by atoms with Crippen molar-refractivity contribution in [2.45, 2.75) is 52.1 Å². The summed E-state index contributed by atoms with van der Waals surface area (Å²) in [5.74, 6) is 0.808. The topological polar surface area (TPSA) is 83.4 Å². The minimum atomic E-state index is -0.0805. The Hall–Kier alpha value is -2.64. The molecule has 2 amide bonds. The molecule has 2 aromatic rings. The van der Waals surface area contributed by atoms with Crippen LogP contribution in [-0.4, -0.2) is 57.7 Å². The van der Waals surface area contributed by atoms with E-state index in [1.807, 2.05) is 15.9 Å². The van der Waals surface area contributed by atoms with Gasteiger partial charge in [0, 0.05) is 45.0 Å². The highest BCUT2D eigenvalue weighted by molar-refractivity contribution is 5.76. The van der Waals surface area contributed by atoms with Crippen molar-refractivity contribution in [1.29, 1.82) is 0 Å². The number of piperazine rings is 1. The maximum absolute atomic E-state index is 13.2. The third kappa shape index (κ3) is 4.21. The number of amides is 2. The van der Waals surface area contributed by atoms with Gasteiger partial charge in [0.25, 0.3) is 5.56 Å². The minimum Gasteiger partial charge on any atom is -0.348 e. The molecule has 1 saturated carbocycles. The second kappa shape index (κ2) is 8.39. The van der Waals surface area contributed by atoms with Crippen LogP contribution in [0.4, 0.5) is 10.6 Å². The molecule has 3 heterocycles. The van der Waals surface area contributed by atoms with Crippen LogP contribution < -0.4 is 15.8 Å². The molecule has 0 spiro atoms. The zero-order valence-electron chi connectivity index (χ0n) is 17.3. The van der Waals surface area contributed by atoms with E-state index in [-0.39, 0.29) is 11.6 Å². The lowest BCUT2D eigenvalue weighted by Gasteiger charge is -2.35. The molecule has 2 aliphatic rings. The number of nitrogens with zero attached hydrogens (tertiary/aromatic N) is 5. The molecular weight excluding hydrogens is 368 g/mol. The van der Waals surface area contributed by atoms with Crippen molar-refractivity contribution in [2.75, 3.05) is 31.1 Å². The maximum Gasteiger partial charge on any atom is 0.317 e. The van der Waals surface area contributed by atoms with Gasteiger partial charge in [-0.2, -0.15) is 0 Å². The molecule has 0 atom stereocenters. The Kier molecular flexibility index (Phi) is 5.69. The van der Waals surface area contributed by atoms with Crippen molar-refractivity contribution in [3.8, 4) is 0 Å². The lowest BCUT2D eigenvalue weighted by Crippen LogP contribution is -2.54.